The maximum atomic E-state index is 11.6. The zero-order valence-electron chi connectivity index (χ0n) is 15.3. The third-order valence-corrected chi connectivity index (χ3v) is 5.25. The van der Waals surface area contributed by atoms with Crippen LogP contribution in [0.5, 0.6) is 5.75 Å². The maximum Gasteiger partial charge on any atom is 1.00 e. The first kappa shape index (κ1) is 26.2. The average molecular weight is 452 g/mol. The van der Waals surface area contributed by atoms with Gasteiger partial charge in [-0.1, -0.05) is 18.2 Å². The van der Waals surface area contributed by atoms with Crippen LogP contribution in [0.3, 0.4) is 0 Å². The van der Waals surface area contributed by atoms with Crippen molar-refractivity contribution >= 4 is 42.4 Å². The first-order valence-electron chi connectivity index (χ1n) is 7.24. The molecule has 0 aliphatic rings. The van der Waals surface area contributed by atoms with E-state index in [1.165, 1.54) is 36.4 Å². The van der Waals surface area contributed by atoms with Crippen LogP contribution in [0.25, 0.3) is 10.8 Å². The topological polar surface area (TPSA) is 159 Å². The van der Waals surface area contributed by atoms with Gasteiger partial charge in [-0.05, 0) is 41.8 Å². The van der Waals surface area contributed by atoms with E-state index in [0.29, 0.717) is 10.8 Å². The minimum absolute atomic E-state index is 0. The minimum Gasteiger partial charge on any atom is -0.872 e. The smallest absolute Gasteiger partial charge is 0.872 e. The van der Waals surface area contributed by atoms with Crippen LogP contribution in [-0.2, 0) is 20.2 Å². The molecule has 1 N–H and O–H groups in total. The molecule has 0 heterocycles. The van der Waals surface area contributed by atoms with Crippen molar-refractivity contribution < 1.29 is 90.2 Å². The monoisotopic (exact) mass is 452 g/mol. The molecular weight excluding hydrogens is 442 g/mol. The van der Waals surface area contributed by atoms with Gasteiger partial charge >= 0.3 is 59.1 Å². The van der Waals surface area contributed by atoms with Crippen molar-refractivity contribution in [2.45, 2.75) is 9.79 Å². The molecule has 13 heteroatoms. The molecule has 0 fully saturated rings. The van der Waals surface area contributed by atoms with Crippen molar-refractivity contribution in [1.29, 1.82) is 0 Å². The van der Waals surface area contributed by atoms with E-state index in [-0.39, 0.29) is 76.2 Å². The Morgan fingerprint density at radius 3 is 1.97 bits per heavy atom. The van der Waals surface area contributed by atoms with Crippen molar-refractivity contribution in [2.24, 2.45) is 10.2 Å². The van der Waals surface area contributed by atoms with Gasteiger partial charge in [0.2, 0.25) is 0 Å². The van der Waals surface area contributed by atoms with Crippen LogP contribution in [0.1, 0.15) is 0 Å². The van der Waals surface area contributed by atoms with Gasteiger partial charge in [0.1, 0.15) is 10.1 Å². The molecule has 0 aliphatic carbocycles. The molecule has 0 radical (unpaired) electrons. The van der Waals surface area contributed by atoms with Gasteiger partial charge in [-0.15, -0.1) is 10.9 Å². The third-order valence-electron chi connectivity index (χ3n) is 3.57. The van der Waals surface area contributed by atoms with Crippen LogP contribution in [0, 0.1) is 0 Å². The molecule has 140 valence electrons. The van der Waals surface area contributed by atoms with Gasteiger partial charge in [0.15, 0.2) is 0 Å². The second-order valence-electron chi connectivity index (χ2n) is 5.45. The van der Waals surface area contributed by atoms with E-state index >= 15 is 0 Å². The molecule has 0 amide bonds. The molecule has 3 rings (SSSR count). The zero-order valence-corrected chi connectivity index (χ0v) is 20.9. The quantitative estimate of drug-likeness (QED) is 0.244. The summed E-state index contributed by atoms with van der Waals surface area (Å²) in [5.41, 5.74) is 0.199. The summed E-state index contributed by atoms with van der Waals surface area (Å²) in [6, 6.07) is 10.7. The van der Waals surface area contributed by atoms with Crippen molar-refractivity contribution in [1.82, 2.24) is 0 Å². The number of hydrogen-bond acceptors (Lipinski definition) is 8. The minimum atomic E-state index is -4.59. The number of nitrogens with zero attached hydrogens (tertiary/aromatic N) is 2. The Kier molecular flexibility index (Phi) is 8.99. The Bertz CT molecular complexity index is 1280. The van der Waals surface area contributed by atoms with Crippen molar-refractivity contribution in [3.05, 3.63) is 54.6 Å². The number of fused-ring (bicyclic) bond motifs is 1. The molecule has 3 aromatic carbocycles. The van der Waals surface area contributed by atoms with E-state index in [4.69, 9.17) is 0 Å². The molecule has 0 aromatic heterocycles. The first-order valence-corrected chi connectivity index (χ1v) is 10.1. The van der Waals surface area contributed by atoms with Gasteiger partial charge in [0, 0.05) is 5.39 Å². The molecule has 29 heavy (non-hydrogen) atoms. The number of azo groups is 1. The number of rotatable bonds is 4. The molecule has 0 saturated heterocycles. The first-order chi connectivity index (χ1) is 12.5. The van der Waals surface area contributed by atoms with Gasteiger partial charge in [-0.3, -0.25) is 4.55 Å². The largest absolute Gasteiger partial charge is 1.00 e. The molecule has 0 atom stereocenters. The fraction of sp³-hybridized carbons (Fsp3) is 0. The molecule has 9 nitrogen and oxygen atoms in total. The Morgan fingerprint density at radius 1 is 0.793 bits per heavy atom. The van der Waals surface area contributed by atoms with Crippen molar-refractivity contribution in [2.75, 3.05) is 0 Å². The number of hydrogen-bond donors (Lipinski definition) is 1. The van der Waals surface area contributed by atoms with Crippen molar-refractivity contribution in [3.8, 4) is 5.75 Å². The fourth-order valence-corrected chi connectivity index (χ4v) is 3.32. The van der Waals surface area contributed by atoms with Gasteiger partial charge in [-0.25, -0.2) is 8.42 Å². The summed E-state index contributed by atoms with van der Waals surface area (Å²) >= 11 is 0. The Labute approximate surface area is 210 Å². The SMILES string of the molecule is O=S(=O)([O-])c1ccc(N=Nc2cc(S(=O)(=O)O)cc3ccc([O-])cc23)cc1.[Na+].[Na+]. The molecule has 0 bridgehead atoms. The second-order valence-corrected chi connectivity index (χ2v) is 8.25. The Hall–Kier alpha value is -0.860. The summed E-state index contributed by atoms with van der Waals surface area (Å²) in [6.45, 7) is 0. The van der Waals surface area contributed by atoms with E-state index in [1.54, 1.807) is 0 Å². The van der Waals surface area contributed by atoms with Crippen LogP contribution in [0.4, 0.5) is 11.4 Å². The van der Waals surface area contributed by atoms with Gasteiger partial charge in [-0.2, -0.15) is 13.5 Å². The van der Waals surface area contributed by atoms with Crippen LogP contribution < -0.4 is 64.2 Å². The van der Waals surface area contributed by atoms with Gasteiger partial charge in [0.05, 0.1) is 21.2 Å². The summed E-state index contributed by atoms with van der Waals surface area (Å²) in [7, 11) is -9.11. The van der Waals surface area contributed by atoms with E-state index in [2.05, 4.69) is 10.2 Å². The van der Waals surface area contributed by atoms with Crippen LogP contribution >= 0.6 is 0 Å². The maximum absolute atomic E-state index is 11.6. The molecule has 0 unspecified atom stereocenters. The summed E-state index contributed by atoms with van der Waals surface area (Å²) in [4.78, 5) is -0.855. The standard InChI is InChI=1S/C16H12N2O7S2.2Na/c19-12-4-1-10-7-14(27(23,24)25)9-16(15(10)8-12)18-17-11-2-5-13(6-3-11)26(20,21)22;;/h1-9,19H,(H,20,21,22)(H,23,24,25);;/q;2*+1/p-2. The average Bonchev–Trinajstić information content (AvgIpc) is 2.58. The van der Waals surface area contributed by atoms with Gasteiger partial charge in [0.25, 0.3) is 10.1 Å². The predicted molar refractivity (Wildman–Crippen MR) is 91.8 cm³/mol. The number of benzene rings is 3. The summed E-state index contributed by atoms with van der Waals surface area (Å²) < 4.78 is 64.9. The van der Waals surface area contributed by atoms with E-state index < -0.39 is 30.0 Å². The summed E-state index contributed by atoms with van der Waals surface area (Å²) in [5, 5.41) is 20.0. The van der Waals surface area contributed by atoms with Gasteiger partial charge < -0.3 is 9.66 Å². The van der Waals surface area contributed by atoms with Crippen LogP contribution in [0.15, 0.2) is 74.6 Å². The van der Waals surface area contributed by atoms with Crippen LogP contribution in [-0.4, -0.2) is 25.9 Å². The molecule has 0 saturated carbocycles. The van der Waals surface area contributed by atoms with Crippen LogP contribution in [0.2, 0.25) is 0 Å². The third kappa shape index (κ3) is 6.56. The van der Waals surface area contributed by atoms with Crippen molar-refractivity contribution in [3.63, 3.8) is 0 Å². The van der Waals surface area contributed by atoms with E-state index in [0.717, 1.165) is 18.2 Å². The van der Waals surface area contributed by atoms with E-state index in [1.807, 2.05) is 0 Å². The summed E-state index contributed by atoms with van der Waals surface area (Å²) in [5.74, 6) is -0.330. The summed E-state index contributed by atoms with van der Waals surface area (Å²) in [6.07, 6.45) is 0. The Morgan fingerprint density at radius 2 is 1.41 bits per heavy atom. The Balaban J connectivity index is 0.00000210. The predicted octanol–water partition coefficient (Wildman–Crippen LogP) is -3.51. The second kappa shape index (κ2) is 9.96. The van der Waals surface area contributed by atoms with E-state index in [9.17, 15) is 31.0 Å². The molecule has 3 aromatic rings. The molecule has 0 spiro atoms. The molecule has 0 aliphatic heterocycles. The molecular formula is C16H10N2Na2O7S2. The fourth-order valence-electron chi connectivity index (χ4n) is 2.31. The zero-order chi connectivity index (χ0) is 19.8. The normalized spacial score (nSPS) is 11.8.